The van der Waals surface area contributed by atoms with Gasteiger partial charge in [-0.25, -0.2) is 4.79 Å². The van der Waals surface area contributed by atoms with E-state index in [4.69, 9.17) is 15.3 Å². The Kier molecular flexibility index (Phi) is 10.8. The first-order chi connectivity index (χ1) is 14.1. The number of aliphatic carboxylic acids is 4. The Hall–Kier alpha value is -2.70. The Balaban J connectivity index is 3.07. The molecular weight excluding hydrogens is 400 g/mol. The second kappa shape index (κ2) is 12.8. The average molecular weight is 430 g/mol. The van der Waals surface area contributed by atoms with Crippen molar-refractivity contribution >= 4 is 23.9 Å². The lowest BCUT2D eigenvalue weighted by molar-refractivity contribution is -0.140. The summed E-state index contributed by atoms with van der Waals surface area (Å²) in [4.78, 5) is 51.6. The molecule has 0 aromatic carbocycles. The van der Waals surface area contributed by atoms with Gasteiger partial charge in [0.25, 0.3) is 0 Å². The molecule has 12 heteroatoms. The van der Waals surface area contributed by atoms with Gasteiger partial charge in [0.05, 0.1) is 19.6 Å². The van der Waals surface area contributed by atoms with Gasteiger partial charge >= 0.3 is 23.9 Å². The molecule has 4 N–H and O–H groups in total. The van der Waals surface area contributed by atoms with Crippen molar-refractivity contribution in [2.45, 2.75) is 6.92 Å². The number of hydrogen-bond donors (Lipinski definition) is 4. The van der Waals surface area contributed by atoms with Gasteiger partial charge in [-0.05, 0) is 6.92 Å². The summed E-state index contributed by atoms with van der Waals surface area (Å²) in [7, 11) is 0. The van der Waals surface area contributed by atoms with Gasteiger partial charge in [0.15, 0.2) is 0 Å². The molecule has 1 aliphatic heterocycles. The molecule has 30 heavy (non-hydrogen) atoms. The quantitative estimate of drug-likeness (QED) is 0.328. The van der Waals surface area contributed by atoms with Crippen LogP contribution < -0.4 is 0 Å². The van der Waals surface area contributed by atoms with Crippen LogP contribution in [0, 0.1) is 0 Å². The van der Waals surface area contributed by atoms with Crippen LogP contribution in [-0.4, -0.2) is 136 Å². The molecule has 0 unspecified atom stereocenters. The summed E-state index contributed by atoms with van der Waals surface area (Å²) in [5.74, 6) is -4.21. The standard InChI is InChI=1S/C18H30N4O8/c1-2-14(18(29)30)22-9-7-20(12-16(25)26)5-3-19(11-15(23)24)4-6-21(8-10-22)13-17(27)28/h2H,3-13H2,1H3,(H,23,24)(H,25,26)(H,27,28)(H,29,30)/b14-2+. The highest BCUT2D eigenvalue weighted by Gasteiger charge is 2.22. The van der Waals surface area contributed by atoms with Crippen LogP contribution >= 0.6 is 0 Å². The molecule has 1 rings (SSSR count). The Bertz CT molecular complexity index is 622. The average Bonchev–Trinajstić information content (AvgIpc) is 2.62. The maximum absolute atomic E-state index is 11.6. The summed E-state index contributed by atoms with van der Waals surface area (Å²) in [5.41, 5.74) is 0.0603. The predicted octanol–water partition coefficient (Wildman–Crippen LogP) is -1.55. The van der Waals surface area contributed by atoms with E-state index in [0.717, 1.165) is 0 Å². The number of allylic oxidation sites excluding steroid dienone is 1. The molecule has 0 aromatic rings. The number of rotatable bonds is 8. The van der Waals surface area contributed by atoms with Gasteiger partial charge < -0.3 is 25.3 Å². The highest BCUT2D eigenvalue weighted by Crippen LogP contribution is 2.08. The van der Waals surface area contributed by atoms with E-state index in [2.05, 4.69) is 0 Å². The molecular formula is C18H30N4O8. The monoisotopic (exact) mass is 430 g/mol. The van der Waals surface area contributed by atoms with E-state index in [-0.39, 0.29) is 77.7 Å². The van der Waals surface area contributed by atoms with Crippen LogP contribution in [-0.2, 0) is 19.2 Å². The third-order valence-electron chi connectivity index (χ3n) is 4.75. The van der Waals surface area contributed by atoms with Crippen molar-refractivity contribution in [2.24, 2.45) is 0 Å². The van der Waals surface area contributed by atoms with Crippen LogP contribution in [0.25, 0.3) is 0 Å². The van der Waals surface area contributed by atoms with Gasteiger partial charge in [0, 0.05) is 52.4 Å². The number of nitrogens with zero attached hydrogens (tertiary/aromatic N) is 4. The molecule has 1 fully saturated rings. The molecule has 170 valence electrons. The molecule has 1 saturated heterocycles. The fourth-order valence-electron chi connectivity index (χ4n) is 3.27. The van der Waals surface area contributed by atoms with Crippen molar-refractivity contribution in [3.8, 4) is 0 Å². The zero-order valence-corrected chi connectivity index (χ0v) is 17.1. The Morgan fingerprint density at radius 3 is 1.17 bits per heavy atom. The highest BCUT2D eigenvalue weighted by molar-refractivity contribution is 5.85. The molecule has 0 radical (unpaired) electrons. The lowest BCUT2D eigenvalue weighted by atomic mass is 10.3. The van der Waals surface area contributed by atoms with E-state index in [1.165, 1.54) is 6.08 Å². The number of hydrogen-bond acceptors (Lipinski definition) is 8. The van der Waals surface area contributed by atoms with Crippen LogP contribution in [0.2, 0.25) is 0 Å². The number of carbonyl (C=O) groups is 4. The second-order valence-corrected chi connectivity index (χ2v) is 6.98. The van der Waals surface area contributed by atoms with E-state index >= 15 is 0 Å². The summed E-state index contributed by atoms with van der Waals surface area (Å²) in [6, 6.07) is 0. The van der Waals surface area contributed by atoms with Gasteiger partial charge in [-0.1, -0.05) is 6.08 Å². The molecule has 1 aliphatic rings. The fourth-order valence-corrected chi connectivity index (χ4v) is 3.27. The van der Waals surface area contributed by atoms with Gasteiger partial charge in [-0.3, -0.25) is 29.1 Å². The van der Waals surface area contributed by atoms with Crippen LogP contribution in [0.5, 0.6) is 0 Å². The first kappa shape index (κ1) is 25.3. The highest BCUT2D eigenvalue weighted by atomic mass is 16.4. The number of carboxylic acid groups (broad SMARTS) is 4. The van der Waals surface area contributed by atoms with Crippen LogP contribution in [0.15, 0.2) is 11.8 Å². The zero-order chi connectivity index (χ0) is 22.7. The molecule has 0 aromatic heterocycles. The normalized spacial score (nSPS) is 19.0. The van der Waals surface area contributed by atoms with Crippen molar-refractivity contribution in [1.82, 2.24) is 19.6 Å². The van der Waals surface area contributed by atoms with E-state index in [1.54, 1.807) is 26.5 Å². The van der Waals surface area contributed by atoms with E-state index < -0.39 is 23.9 Å². The summed E-state index contributed by atoms with van der Waals surface area (Å²) in [6.07, 6.45) is 1.45. The molecule has 0 saturated carbocycles. The number of carboxylic acids is 4. The van der Waals surface area contributed by atoms with Crippen molar-refractivity contribution in [3.63, 3.8) is 0 Å². The molecule has 0 atom stereocenters. The second-order valence-electron chi connectivity index (χ2n) is 6.98. The Labute approximate surface area is 174 Å². The molecule has 0 bridgehead atoms. The van der Waals surface area contributed by atoms with Crippen molar-refractivity contribution in [3.05, 3.63) is 11.8 Å². The van der Waals surface area contributed by atoms with Gasteiger partial charge in [0.1, 0.15) is 5.70 Å². The maximum Gasteiger partial charge on any atom is 0.351 e. The minimum Gasteiger partial charge on any atom is -0.480 e. The van der Waals surface area contributed by atoms with Crippen molar-refractivity contribution in [1.29, 1.82) is 0 Å². The first-order valence-corrected chi connectivity index (χ1v) is 9.59. The van der Waals surface area contributed by atoms with E-state index in [9.17, 15) is 24.3 Å². The van der Waals surface area contributed by atoms with Crippen LogP contribution in [0.1, 0.15) is 6.92 Å². The van der Waals surface area contributed by atoms with Gasteiger partial charge in [-0.2, -0.15) is 0 Å². The summed E-state index contributed by atoms with van der Waals surface area (Å²) in [6.45, 7) is 2.98. The minimum absolute atomic E-state index is 0.0603. The van der Waals surface area contributed by atoms with E-state index in [0.29, 0.717) is 0 Å². The zero-order valence-electron chi connectivity index (χ0n) is 17.1. The minimum atomic E-state index is -1.12. The summed E-state index contributed by atoms with van der Waals surface area (Å²) < 4.78 is 0. The van der Waals surface area contributed by atoms with Crippen molar-refractivity contribution < 1.29 is 39.6 Å². The van der Waals surface area contributed by atoms with Gasteiger partial charge in [0.2, 0.25) is 0 Å². The lowest BCUT2D eigenvalue weighted by Crippen LogP contribution is -2.48. The predicted molar refractivity (Wildman–Crippen MR) is 105 cm³/mol. The molecule has 1 heterocycles. The smallest absolute Gasteiger partial charge is 0.351 e. The first-order valence-electron chi connectivity index (χ1n) is 9.59. The third kappa shape index (κ3) is 9.67. The third-order valence-corrected chi connectivity index (χ3v) is 4.75. The molecule has 12 nitrogen and oxygen atoms in total. The van der Waals surface area contributed by atoms with E-state index in [1.807, 2.05) is 0 Å². The maximum atomic E-state index is 11.6. The topological polar surface area (TPSA) is 162 Å². The summed E-state index contributed by atoms with van der Waals surface area (Å²) in [5, 5.41) is 36.9. The van der Waals surface area contributed by atoms with Gasteiger partial charge in [-0.15, -0.1) is 0 Å². The molecule has 0 spiro atoms. The van der Waals surface area contributed by atoms with Crippen LogP contribution in [0.3, 0.4) is 0 Å². The fraction of sp³-hybridized carbons (Fsp3) is 0.667. The largest absolute Gasteiger partial charge is 0.480 e. The van der Waals surface area contributed by atoms with Crippen molar-refractivity contribution in [2.75, 3.05) is 72.0 Å². The van der Waals surface area contributed by atoms with Crippen LogP contribution in [0.4, 0.5) is 0 Å². The Morgan fingerprint density at radius 2 is 0.933 bits per heavy atom. The summed E-state index contributed by atoms with van der Waals surface area (Å²) >= 11 is 0. The molecule has 0 amide bonds. The SMILES string of the molecule is C/C=C(\C(=O)O)N1CCN(CC(=O)O)CCN(CC(=O)O)CCN(CC(=O)O)CC1. The lowest BCUT2D eigenvalue weighted by Gasteiger charge is -2.34. The Morgan fingerprint density at radius 1 is 0.633 bits per heavy atom. The molecule has 0 aliphatic carbocycles.